The third-order valence-corrected chi connectivity index (χ3v) is 2.59. The zero-order valence-electron chi connectivity index (χ0n) is 8.62. The van der Waals surface area contributed by atoms with Crippen LogP contribution in [0.25, 0.3) is 0 Å². The van der Waals surface area contributed by atoms with Crippen LogP contribution < -0.4 is 5.32 Å². The minimum atomic E-state index is 0.213. The molecule has 1 heterocycles. The van der Waals surface area contributed by atoms with Crippen molar-refractivity contribution in [1.82, 2.24) is 0 Å². The van der Waals surface area contributed by atoms with Crippen molar-refractivity contribution in [2.24, 2.45) is 0 Å². The number of benzene rings is 1. The first-order valence-corrected chi connectivity index (χ1v) is 5.36. The molecular weight excluding hydrogens is 174 g/mol. The summed E-state index contributed by atoms with van der Waals surface area (Å²) in [4.78, 5) is 0. The van der Waals surface area contributed by atoms with E-state index in [1.165, 1.54) is 24.1 Å². The normalized spacial score (nSPS) is 19.9. The Bertz CT molecular complexity index is 298. The Hall–Kier alpha value is -1.02. The van der Waals surface area contributed by atoms with Gasteiger partial charge in [-0.15, -0.1) is 0 Å². The summed E-state index contributed by atoms with van der Waals surface area (Å²) in [6.07, 6.45) is 3.76. The van der Waals surface area contributed by atoms with E-state index < -0.39 is 0 Å². The van der Waals surface area contributed by atoms with Crippen LogP contribution in [-0.2, 0) is 11.3 Å². The first-order chi connectivity index (χ1) is 6.90. The van der Waals surface area contributed by atoms with E-state index in [4.69, 9.17) is 4.74 Å². The van der Waals surface area contributed by atoms with Crippen LogP contribution in [0.1, 0.15) is 31.7 Å². The molecule has 1 aliphatic heterocycles. The lowest BCUT2D eigenvalue weighted by Crippen LogP contribution is -2.27. The van der Waals surface area contributed by atoms with Crippen LogP contribution in [-0.4, -0.2) is 6.23 Å². The topological polar surface area (TPSA) is 21.3 Å². The van der Waals surface area contributed by atoms with Gasteiger partial charge in [-0.1, -0.05) is 31.5 Å². The number of anilines is 1. The van der Waals surface area contributed by atoms with Gasteiger partial charge in [-0.05, 0) is 18.9 Å². The van der Waals surface area contributed by atoms with E-state index >= 15 is 0 Å². The summed E-state index contributed by atoms with van der Waals surface area (Å²) < 4.78 is 5.70. The second kappa shape index (κ2) is 4.47. The Morgan fingerprint density at radius 2 is 2.29 bits per heavy atom. The molecule has 0 saturated carbocycles. The van der Waals surface area contributed by atoms with Gasteiger partial charge in [0.2, 0.25) is 0 Å². The Balaban J connectivity index is 1.99. The number of para-hydroxylation sites is 1. The molecule has 0 saturated heterocycles. The Morgan fingerprint density at radius 3 is 3.14 bits per heavy atom. The van der Waals surface area contributed by atoms with Gasteiger partial charge >= 0.3 is 0 Å². The van der Waals surface area contributed by atoms with Crippen LogP contribution in [0.4, 0.5) is 5.69 Å². The van der Waals surface area contributed by atoms with Crippen LogP contribution in [0.15, 0.2) is 24.3 Å². The molecule has 2 heteroatoms. The highest BCUT2D eigenvalue weighted by atomic mass is 16.5. The summed E-state index contributed by atoms with van der Waals surface area (Å²) in [6.45, 7) is 2.95. The lowest BCUT2D eigenvalue weighted by molar-refractivity contribution is 0.0445. The van der Waals surface area contributed by atoms with Gasteiger partial charge in [0.1, 0.15) is 6.23 Å². The van der Waals surface area contributed by atoms with Crippen molar-refractivity contribution < 1.29 is 4.74 Å². The van der Waals surface area contributed by atoms with Gasteiger partial charge in [-0.2, -0.15) is 0 Å². The summed E-state index contributed by atoms with van der Waals surface area (Å²) in [5.74, 6) is 0. The van der Waals surface area contributed by atoms with Crippen molar-refractivity contribution in [3.8, 4) is 0 Å². The maximum absolute atomic E-state index is 5.70. The molecule has 2 nitrogen and oxygen atoms in total. The van der Waals surface area contributed by atoms with Gasteiger partial charge in [0.25, 0.3) is 0 Å². The molecule has 1 aromatic rings. The molecule has 1 aromatic carbocycles. The zero-order chi connectivity index (χ0) is 9.80. The van der Waals surface area contributed by atoms with E-state index in [1.54, 1.807) is 0 Å². The maximum Gasteiger partial charge on any atom is 0.128 e. The van der Waals surface area contributed by atoms with Crippen molar-refractivity contribution in [3.05, 3.63) is 29.8 Å². The van der Waals surface area contributed by atoms with Crippen LogP contribution in [0, 0.1) is 0 Å². The number of ether oxygens (including phenoxy) is 1. The molecule has 1 aliphatic rings. The molecule has 14 heavy (non-hydrogen) atoms. The maximum atomic E-state index is 5.70. The first-order valence-electron chi connectivity index (χ1n) is 5.36. The predicted molar refractivity (Wildman–Crippen MR) is 58.2 cm³/mol. The monoisotopic (exact) mass is 191 g/mol. The standard InChI is InChI=1S/C12H17NO/c1-2-3-8-12-13-11-7-5-4-6-10(11)9-14-12/h4-7,12-13H,2-3,8-9H2,1H3. The molecule has 0 aliphatic carbocycles. The molecule has 1 atom stereocenters. The van der Waals surface area contributed by atoms with Crippen molar-refractivity contribution >= 4 is 5.69 Å². The number of nitrogens with one attached hydrogen (secondary N) is 1. The second-order valence-corrected chi connectivity index (χ2v) is 3.74. The average Bonchev–Trinajstić information content (AvgIpc) is 2.26. The lowest BCUT2D eigenvalue weighted by atomic mass is 10.1. The first kappa shape index (κ1) is 9.53. The largest absolute Gasteiger partial charge is 0.360 e. The Kier molecular flexibility index (Phi) is 3.04. The summed E-state index contributed by atoms with van der Waals surface area (Å²) in [7, 11) is 0. The van der Waals surface area contributed by atoms with E-state index in [9.17, 15) is 0 Å². The zero-order valence-corrected chi connectivity index (χ0v) is 8.62. The van der Waals surface area contributed by atoms with E-state index in [2.05, 4.69) is 36.5 Å². The van der Waals surface area contributed by atoms with E-state index in [1.807, 2.05) is 0 Å². The van der Waals surface area contributed by atoms with Crippen molar-refractivity contribution in [2.75, 3.05) is 5.32 Å². The SMILES string of the molecule is CCCCC1Nc2ccccc2CO1. The number of hydrogen-bond donors (Lipinski definition) is 1. The van der Waals surface area contributed by atoms with Crippen LogP contribution >= 0.6 is 0 Å². The molecule has 1 unspecified atom stereocenters. The predicted octanol–water partition coefficient (Wildman–Crippen LogP) is 3.15. The third kappa shape index (κ3) is 2.07. The minimum absolute atomic E-state index is 0.213. The molecule has 0 aromatic heterocycles. The number of rotatable bonds is 3. The fraction of sp³-hybridized carbons (Fsp3) is 0.500. The molecule has 2 rings (SSSR count). The van der Waals surface area contributed by atoms with Crippen LogP contribution in [0.3, 0.4) is 0 Å². The summed E-state index contributed by atoms with van der Waals surface area (Å²) >= 11 is 0. The molecule has 0 radical (unpaired) electrons. The lowest BCUT2D eigenvalue weighted by Gasteiger charge is -2.27. The van der Waals surface area contributed by atoms with Gasteiger partial charge < -0.3 is 10.1 Å². The Labute approximate surface area is 85.3 Å². The fourth-order valence-electron chi connectivity index (χ4n) is 1.74. The highest BCUT2D eigenvalue weighted by Gasteiger charge is 2.16. The van der Waals surface area contributed by atoms with Gasteiger partial charge in [0.05, 0.1) is 6.61 Å². The quantitative estimate of drug-likeness (QED) is 0.792. The van der Waals surface area contributed by atoms with Gasteiger partial charge in [0.15, 0.2) is 0 Å². The highest BCUT2D eigenvalue weighted by Crippen LogP contribution is 2.24. The molecule has 1 N–H and O–H groups in total. The van der Waals surface area contributed by atoms with Crippen molar-refractivity contribution in [2.45, 2.75) is 39.0 Å². The molecule has 0 amide bonds. The van der Waals surface area contributed by atoms with E-state index in [0.29, 0.717) is 0 Å². The number of fused-ring (bicyclic) bond motifs is 1. The number of unbranched alkanes of at least 4 members (excludes halogenated alkanes) is 1. The van der Waals surface area contributed by atoms with E-state index in [0.717, 1.165) is 13.0 Å². The van der Waals surface area contributed by atoms with Gasteiger partial charge in [-0.3, -0.25) is 0 Å². The molecular formula is C12H17NO. The molecule has 0 spiro atoms. The Morgan fingerprint density at radius 1 is 1.43 bits per heavy atom. The smallest absolute Gasteiger partial charge is 0.128 e. The molecule has 0 fully saturated rings. The molecule has 0 bridgehead atoms. The third-order valence-electron chi connectivity index (χ3n) is 2.59. The van der Waals surface area contributed by atoms with E-state index in [-0.39, 0.29) is 6.23 Å². The second-order valence-electron chi connectivity index (χ2n) is 3.74. The van der Waals surface area contributed by atoms with Crippen LogP contribution in [0.5, 0.6) is 0 Å². The fourth-order valence-corrected chi connectivity index (χ4v) is 1.74. The summed E-state index contributed by atoms with van der Waals surface area (Å²) in [5, 5.41) is 3.41. The molecule has 76 valence electrons. The minimum Gasteiger partial charge on any atom is -0.360 e. The number of hydrogen-bond acceptors (Lipinski definition) is 2. The van der Waals surface area contributed by atoms with Crippen molar-refractivity contribution in [3.63, 3.8) is 0 Å². The highest BCUT2D eigenvalue weighted by molar-refractivity contribution is 5.52. The van der Waals surface area contributed by atoms with Crippen LogP contribution in [0.2, 0.25) is 0 Å². The van der Waals surface area contributed by atoms with Gasteiger partial charge in [-0.25, -0.2) is 0 Å². The van der Waals surface area contributed by atoms with Gasteiger partial charge in [0, 0.05) is 11.3 Å². The summed E-state index contributed by atoms with van der Waals surface area (Å²) in [6, 6.07) is 8.35. The average molecular weight is 191 g/mol. The summed E-state index contributed by atoms with van der Waals surface area (Å²) in [5.41, 5.74) is 2.50. The van der Waals surface area contributed by atoms with Crippen molar-refractivity contribution in [1.29, 1.82) is 0 Å².